The maximum absolute atomic E-state index is 12.7. The summed E-state index contributed by atoms with van der Waals surface area (Å²) in [4.78, 5) is 16.1. The molecule has 0 radical (unpaired) electrons. The minimum atomic E-state index is 0.0934. The first-order chi connectivity index (χ1) is 12.2. The lowest BCUT2D eigenvalue weighted by Crippen LogP contribution is -2.39. The second-order valence-corrected chi connectivity index (χ2v) is 7.86. The van der Waals surface area contributed by atoms with Gasteiger partial charge in [-0.3, -0.25) is 9.69 Å². The number of rotatable bonds is 9. The van der Waals surface area contributed by atoms with Gasteiger partial charge in [0.05, 0.1) is 12.6 Å². The molecule has 132 valence electrons. The van der Waals surface area contributed by atoms with Crippen LogP contribution in [0.3, 0.4) is 0 Å². The van der Waals surface area contributed by atoms with Crippen LogP contribution < -0.4 is 5.32 Å². The summed E-state index contributed by atoms with van der Waals surface area (Å²) < 4.78 is 0. The van der Waals surface area contributed by atoms with Crippen molar-refractivity contribution in [2.45, 2.75) is 32.4 Å². The molecule has 0 aliphatic heterocycles. The molecule has 3 nitrogen and oxygen atoms in total. The van der Waals surface area contributed by atoms with E-state index in [1.807, 2.05) is 12.1 Å². The van der Waals surface area contributed by atoms with E-state index in [0.717, 1.165) is 6.54 Å². The molecule has 3 rings (SSSR count). The average Bonchev–Trinajstić information content (AvgIpc) is 3.31. The van der Waals surface area contributed by atoms with Gasteiger partial charge >= 0.3 is 0 Å². The molecule has 1 aromatic carbocycles. The van der Waals surface area contributed by atoms with Gasteiger partial charge in [-0.1, -0.05) is 42.0 Å². The van der Waals surface area contributed by atoms with E-state index >= 15 is 0 Å². The number of aryl methyl sites for hydroxylation is 1. The maximum Gasteiger partial charge on any atom is 0.234 e. The lowest BCUT2D eigenvalue weighted by molar-refractivity contribution is -0.123. The molecular weight excluding hydrogens is 328 g/mol. The summed E-state index contributed by atoms with van der Waals surface area (Å²) in [5.74, 6) is 0.674. The zero-order valence-corrected chi connectivity index (χ0v) is 15.6. The maximum atomic E-state index is 12.7. The number of nitrogens with zero attached hydrogens (tertiary/aromatic N) is 1. The van der Waals surface area contributed by atoms with Crippen molar-refractivity contribution in [1.82, 2.24) is 10.2 Å². The Morgan fingerprint density at radius 3 is 2.72 bits per heavy atom. The van der Waals surface area contributed by atoms with Gasteiger partial charge in [-0.15, -0.1) is 17.9 Å². The molecule has 1 saturated carbocycles. The number of hydrogen-bond acceptors (Lipinski definition) is 3. The lowest BCUT2D eigenvalue weighted by Gasteiger charge is -2.23. The van der Waals surface area contributed by atoms with Crippen molar-refractivity contribution in [3.63, 3.8) is 0 Å². The summed E-state index contributed by atoms with van der Waals surface area (Å²) in [6, 6.07) is 12.8. The predicted molar refractivity (Wildman–Crippen MR) is 105 cm³/mol. The van der Waals surface area contributed by atoms with Crippen molar-refractivity contribution in [3.05, 3.63) is 70.4 Å². The van der Waals surface area contributed by atoms with Crippen molar-refractivity contribution in [2.75, 3.05) is 13.1 Å². The highest BCUT2D eigenvalue weighted by molar-refractivity contribution is 7.09. The first-order valence-corrected chi connectivity index (χ1v) is 9.75. The number of amides is 1. The number of thiophene rings is 1. The number of nitrogens with one attached hydrogen (secondary N) is 1. The second kappa shape index (κ2) is 8.45. The van der Waals surface area contributed by atoms with Crippen LogP contribution in [0.25, 0.3) is 0 Å². The van der Waals surface area contributed by atoms with Gasteiger partial charge in [-0.05, 0) is 42.7 Å². The molecule has 1 atom stereocenters. The van der Waals surface area contributed by atoms with Crippen LogP contribution in [0.4, 0.5) is 0 Å². The van der Waals surface area contributed by atoms with Gasteiger partial charge in [-0.2, -0.15) is 0 Å². The van der Waals surface area contributed by atoms with Crippen LogP contribution in [0, 0.1) is 12.8 Å². The van der Waals surface area contributed by atoms with E-state index < -0.39 is 0 Å². The molecule has 1 aliphatic carbocycles. The largest absolute Gasteiger partial charge is 0.348 e. The van der Waals surface area contributed by atoms with Crippen LogP contribution in [0.1, 0.15) is 34.9 Å². The summed E-state index contributed by atoms with van der Waals surface area (Å²) in [6.45, 7) is 7.81. The van der Waals surface area contributed by atoms with Crippen molar-refractivity contribution in [1.29, 1.82) is 0 Å². The van der Waals surface area contributed by atoms with Crippen molar-refractivity contribution in [2.24, 2.45) is 5.92 Å². The van der Waals surface area contributed by atoms with Crippen LogP contribution in [-0.2, 0) is 11.3 Å². The standard InChI is InChI=1S/C21H26N2OS/c1-3-12-23(14-19-5-4-13-25-19)15-20(24)22-21(18-10-11-18)17-8-6-16(2)7-9-17/h3-9,13,18,21H,1,10-12,14-15H2,2H3,(H,22,24). The van der Waals surface area contributed by atoms with Gasteiger partial charge in [-0.25, -0.2) is 0 Å². The topological polar surface area (TPSA) is 32.3 Å². The average molecular weight is 355 g/mol. The van der Waals surface area contributed by atoms with Crippen molar-refractivity contribution in [3.8, 4) is 0 Å². The molecule has 0 saturated heterocycles. The monoisotopic (exact) mass is 354 g/mol. The van der Waals surface area contributed by atoms with E-state index in [2.05, 4.69) is 59.4 Å². The first-order valence-electron chi connectivity index (χ1n) is 8.87. The van der Waals surface area contributed by atoms with Crippen LogP contribution in [-0.4, -0.2) is 23.9 Å². The highest BCUT2D eigenvalue weighted by atomic mass is 32.1. The Bertz CT molecular complexity index is 689. The van der Waals surface area contributed by atoms with Crippen LogP contribution in [0.5, 0.6) is 0 Å². The third-order valence-corrected chi connectivity index (χ3v) is 5.42. The Kier molecular flexibility index (Phi) is 6.05. The van der Waals surface area contributed by atoms with Crippen LogP contribution in [0.15, 0.2) is 54.4 Å². The molecule has 1 amide bonds. The minimum Gasteiger partial charge on any atom is -0.348 e. The summed E-state index contributed by atoms with van der Waals surface area (Å²) in [5, 5.41) is 5.34. The lowest BCUT2D eigenvalue weighted by atomic mass is 10.0. The Hall–Kier alpha value is -1.91. The second-order valence-electron chi connectivity index (χ2n) is 6.83. The molecular formula is C21H26N2OS. The van der Waals surface area contributed by atoms with Gasteiger partial charge in [0, 0.05) is 18.0 Å². The van der Waals surface area contributed by atoms with E-state index in [9.17, 15) is 4.79 Å². The zero-order chi connectivity index (χ0) is 17.6. The fourth-order valence-electron chi connectivity index (χ4n) is 3.09. The van der Waals surface area contributed by atoms with E-state index in [-0.39, 0.29) is 11.9 Å². The van der Waals surface area contributed by atoms with Crippen LogP contribution in [0.2, 0.25) is 0 Å². The number of carbonyl (C=O) groups excluding carboxylic acids is 1. The van der Waals surface area contributed by atoms with Crippen LogP contribution >= 0.6 is 11.3 Å². The fraction of sp³-hybridized carbons (Fsp3) is 0.381. The molecule has 25 heavy (non-hydrogen) atoms. The van der Waals surface area contributed by atoms with Gasteiger partial charge < -0.3 is 5.32 Å². The van der Waals surface area contributed by atoms with E-state index in [4.69, 9.17) is 0 Å². The molecule has 4 heteroatoms. The predicted octanol–water partition coefficient (Wildman–Crippen LogP) is 4.31. The highest BCUT2D eigenvalue weighted by Crippen LogP contribution is 2.41. The molecule has 1 heterocycles. The highest BCUT2D eigenvalue weighted by Gasteiger charge is 2.33. The van der Waals surface area contributed by atoms with Gasteiger partial charge in [0.25, 0.3) is 0 Å². The van der Waals surface area contributed by atoms with Gasteiger partial charge in [0.15, 0.2) is 0 Å². The van der Waals surface area contributed by atoms with E-state index in [0.29, 0.717) is 19.0 Å². The first kappa shape index (κ1) is 17.9. The molecule has 1 N–H and O–H groups in total. The van der Waals surface area contributed by atoms with Crippen molar-refractivity contribution < 1.29 is 4.79 Å². The normalized spacial score (nSPS) is 15.1. The minimum absolute atomic E-state index is 0.0934. The number of benzene rings is 1. The smallest absolute Gasteiger partial charge is 0.234 e. The Morgan fingerprint density at radius 1 is 1.36 bits per heavy atom. The van der Waals surface area contributed by atoms with Crippen molar-refractivity contribution >= 4 is 17.2 Å². The molecule has 1 aromatic heterocycles. The Morgan fingerprint density at radius 2 is 2.12 bits per heavy atom. The SMILES string of the molecule is C=CCN(CC(=O)NC(c1ccc(C)cc1)C1CC1)Cc1cccs1. The van der Waals surface area contributed by atoms with E-state index in [1.165, 1.54) is 28.8 Å². The summed E-state index contributed by atoms with van der Waals surface area (Å²) >= 11 is 1.72. The molecule has 2 aromatic rings. The molecule has 0 spiro atoms. The van der Waals surface area contributed by atoms with Gasteiger partial charge in [0.1, 0.15) is 0 Å². The molecule has 1 unspecified atom stereocenters. The Labute approximate surface area is 154 Å². The molecule has 1 aliphatic rings. The third-order valence-electron chi connectivity index (χ3n) is 4.56. The summed E-state index contributed by atoms with van der Waals surface area (Å²) in [7, 11) is 0. The summed E-state index contributed by atoms with van der Waals surface area (Å²) in [5.41, 5.74) is 2.47. The fourth-order valence-corrected chi connectivity index (χ4v) is 3.84. The zero-order valence-electron chi connectivity index (χ0n) is 14.8. The molecule has 1 fully saturated rings. The Balaban J connectivity index is 1.62. The van der Waals surface area contributed by atoms with E-state index in [1.54, 1.807) is 11.3 Å². The third kappa shape index (κ3) is 5.28. The number of hydrogen-bond donors (Lipinski definition) is 1. The summed E-state index contributed by atoms with van der Waals surface area (Å²) in [6.07, 6.45) is 4.26. The number of carbonyl (C=O) groups is 1. The molecule has 0 bridgehead atoms. The van der Waals surface area contributed by atoms with Gasteiger partial charge in [0.2, 0.25) is 5.91 Å². The quantitative estimate of drug-likeness (QED) is 0.681.